The highest BCUT2D eigenvalue weighted by atomic mass is 16.8. The molecule has 1 aromatic rings. The number of hydrogen-bond donors (Lipinski definition) is 2. The highest BCUT2D eigenvalue weighted by molar-refractivity contribution is 5.49. The normalized spacial score (nSPS) is 20.8. The summed E-state index contributed by atoms with van der Waals surface area (Å²) in [6.07, 6.45) is 0.891. The molecule has 0 bridgehead atoms. The molecule has 0 aliphatic carbocycles. The standard InChI is InChI=1S/C13H20N2O4/c1-14-5-4-9-6-12(18-2)13(19-3)7-10(9)11(14)8-15(16)17/h6-7,11,15-16H,4-5,8H2,1-3H3/t11-/m1/s1. The number of methoxy groups -OCH3 is 2. The van der Waals surface area contributed by atoms with Crippen LogP contribution in [0.2, 0.25) is 0 Å². The van der Waals surface area contributed by atoms with E-state index in [0.29, 0.717) is 11.5 Å². The van der Waals surface area contributed by atoms with Gasteiger partial charge in [-0.05, 0) is 36.7 Å². The zero-order chi connectivity index (χ0) is 14.0. The molecule has 1 aromatic carbocycles. The fourth-order valence-corrected chi connectivity index (χ4v) is 2.58. The topological polar surface area (TPSA) is 69.4 Å². The van der Waals surface area contributed by atoms with Gasteiger partial charge in [-0.2, -0.15) is 0 Å². The first-order chi connectivity index (χ1) is 9.06. The summed E-state index contributed by atoms with van der Waals surface area (Å²) < 4.78 is 10.6. The van der Waals surface area contributed by atoms with E-state index in [4.69, 9.17) is 14.7 Å². The summed E-state index contributed by atoms with van der Waals surface area (Å²) in [5.41, 5.74) is 2.16. The fraction of sp³-hybridized carbons (Fsp3) is 0.538. The van der Waals surface area contributed by atoms with Crippen molar-refractivity contribution < 1.29 is 19.9 Å². The van der Waals surface area contributed by atoms with Gasteiger partial charge in [0.15, 0.2) is 11.5 Å². The Morgan fingerprint density at radius 2 is 2.00 bits per heavy atom. The van der Waals surface area contributed by atoms with Gasteiger partial charge in [0.1, 0.15) is 6.54 Å². The van der Waals surface area contributed by atoms with Crippen LogP contribution in [-0.2, 0) is 6.42 Å². The van der Waals surface area contributed by atoms with Gasteiger partial charge in [-0.1, -0.05) is 0 Å². The fourth-order valence-electron chi connectivity index (χ4n) is 2.58. The molecule has 0 spiro atoms. The first-order valence-corrected chi connectivity index (χ1v) is 6.23. The lowest BCUT2D eigenvalue weighted by Crippen LogP contribution is -3.05. The average molecular weight is 268 g/mol. The molecule has 2 N–H and O–H groups in total. The molecule has 0 saturated carbocycles. The van der Waals surface area contributed by atoms with Crippen LogP contribution < -0.4 is 14.7 Å². The molecule has 0 saturated heterocycles. The Labute approximate surface area is 112 Å². The van der Waals surface area contributed by atoms with Crippen LogP contribution in [0.4, 0.5) is 0 Å². The van der Waals surface area contributed by atoms with Crippen LogP contribution in [-0.4, -0.2) is 44.5 Å². The van der Waals surface area contributed by atoms with Gasteiger partial charge in [-0.3, -0.25) is 4.90 Å². The van der Waals surface area contributed by atoms with Crippen molar-refractivity contribution in [2.75, 3.05) is 34.4 Å². The number of nitrogens with zero attached hydrogens (tertiary/aromatic N) is 1. The summed E-state index contributed by atoms with van der Waals surface area (Å²) in [7, 11) is 5.14. The zero-order valence-electron chi connectivity index (χ0n) is 11.5. The van der Waals surface area contributed by atoms with Crippen LogP contribution in [0.25, 0.3) is 0 Å². The van der Waals surface area contributed by atoms with E-state index in [0.717, 1.165) is 24.1 Å². The molecule has 0 aromatic heterocycles. The average Bonchev–Trinajstić information content (AvgIpc) is 2.40. The molecule has 6 nitrogen and oxygen atoms in total. The highest BCUT2D eigenvalue weighted by Gasteiger charge is 2.28. The van der Waals surface area contributed by atoms with E-state index < -0.39 is 5.23 Å². The minimum Gasteiger partial charge on any atom is -0.600 e. The van der Waals surface area contributed by atoms with E-state index in [-0.39, 0.29) is 12.6 Å². The highest BCUT2D eigenvalue weighted by Crippen LogP contribution is 2.36. The van der Waals surface area contributed by atoms with Crippen molar-refractivity contribution in [3.63, 3.8) is 0 Å². The van der Waals surface area contributed by atoms with Crippen molar-refractivity contribution in [1.82, 2.24) is 4.90 Å². The summed E-state index contributed by atoms with van der Waals surface area (Å²) >= 11 is 0. The number of rotatable bonds is 4. The van der Waals surface area contributed by atoms with Crippen molar-refractivity contribution in [2.45, 2.75) is 12.5 Å². The molecular formula is C13H20N2O4. The van der Waals surface area contributed by atoms with Gasteiger partial charge in [-0.15, -0.1) is 0 Å². The summed E-state index contributed by atoms with van der Waals surface area (Å²) in [5.74, 6) is 1.34. The quantitative estimate of drug-likeness (QED) is 0.753. The Morgan fingerprint density at radius 1 is 1.37 bits per heavy atom. The lowest BCUT2D eigenvalue weighted by atomic mass is 9.92. The van der Waals surface area contributed by atoms with Crippen LogP contribution in [0.3, 0.4) is 0 Å². The summed E-state index contributed by atoms with van der Waals surface area (Å²) in [6, 6.07) is 3.74. The van der Waals surface area contributed by atoms with Crippen molar-refractivity contribution in [3.05, 3.63) is 28.5 Å². The Bertz CT molecular complexity index is 451. The van der Waals surface area contributed by atoms with Crippen molar-refractivity contribution in [2.24, 2.45) is 0 Å². The van der Waals surface area contributed by atoms with Crippen LogP contribution in [0.5, 0.6) is 11.5 Å². The third-order valence-electron chi connectivity index (χ3n) is 3.64. The molecule has 0 fully saturated rings. The van der Waals surface area contributed by atoms with Gasteiger partial charge in [0.25, 0.3) is 0 Å². The second kappa shape index (κ2) is 5.75. The lowest BCUT2D eigenvalue weighted by Gasteiger charge is -2.35. The van der Waals surface area contributed by atoms with E-state index in [9.17, 15) is 5.21 Å². The number of quaternary nitrogens is 1. The molecule has 1 unspecified atom stereocenters. The number of hydroxylamine groups is 2. The molecule has 2 rings (SSSR count). The van der Waals surface area contributed by atoms with E-state index in [2.05, 4.69) is 4.90 Å². The summed E-state index contributed by atoms with van der Waals surface area (Å²) in [4.78, 5) is 2.07. The zero-order valence-corrected chi connectivity index (χ0v) is 11.5. The van der Waals surface area contributed by atoms with Gasteiger partial charge in [-0.25, -0.2) is 10.4 Å². The third-order valence-corrected chi connectivity index (χ3v) is 3.64. The van der Waals surface area contributed by atoms with Crippen molar-refractivity contribution >= 4 is 0 Å². The van der Waals surface area contributed by atoms with Crippen LogP contribution >= 0.6 is 0 Å². The van der Waals surface area contributed by atoms with Crippen LogP contribution in [0.1, 0.15) is 17.2 Å². The Morgan fingerprint density at radius 3 is 2.58 bits per heavy atom. The molecule has 1 aliphatic heterocycles. The molecule has 0 amide bonds. The molecule has 19 heavy (non-hydrogen) atoms. The first kappa shape index (κ1) is 14.1. The second-order valence-electron chi connectivity index (χ2n) is 4.75. The maximum absolute atomic E-state index is 11.0. The molecule has 106 valence electrons. The van der Waals surface area contributed by atoms with Gasteiger partial charge < -0.3 is 14.7 Å². The maximum atomic E-state index is 11.0. The van der Waals surface area contributed by atoms with Gasteiger partial charge in [0.2, 0.25) is 0 Å². The molecule has 1 aliphatic rings. The summed E-state index contributed by atoms with van der Waals surface area (Å²) in [5, 5.41) is 19.3. The Hall–Kier alpha value is -1.34. The second-order valence-corrected chi connectivity index (χ2v) is 4.75. The smallest absolute Gasteiger partial charge is 0.161 e. The minimum absolute atomic E-state index is 0.0962. The number of fused-ring (bicyclic) bond motifs is 1. The van der Waals surface area contributed by atoms with Crippen LogP contribution in [0.15, 0.2) is 12.1 Å². The monoisotopic (exact) mass is 268 g/mol. The lowest BCUT2D eigenvalue weighted by molar-refractivity contribution is -1.05. The number of nitrogens with one attached hydrogen (secondary N) is 1. The Balaban J connectivity index is 2.42. The molecule has 6 heteroatoms. The molecule has 2 atom stereocenters. The first-order valence-electron chi connectivity index (χ1n) is 6.23. The SMILES string of the molecule is COc1cc2c(cc1OC)[C@@H](C[NH+]([O-])O)N(C)CC2. The largest absolute Gasteiger partial charge is 0.600 e. The van der Waals surface area contributed by atoms with E-state index in [1.165, 1.54) is 0 Å². The molecule has 1 heterocycles. The summed E-state index contributed by atoms with van der Waals surface area (Å²) in [6.45, 7) is 0.944. The van der Waals surface area contributed by atoms with Crippen molar-refractivity contribution in [1.29, 1.82) is 0 Å². The van der Waals surface area contributed by atoms with Gasteiger partial charge >= 0.3 is 0 Å². The Kier molecular flexibility index (Phi) is 4.26. The molecular weight excluding hydrogens is 248 g/mol. The van der Waals surface area contributed by atoms with Gasteiger partial charge in [0.05, 0.1) is 20.3 Å². The van der Waals surface area contributed by atoms with E-state index in [1.807, 2.05) is 19.2 Å². The number of likely N-dealkylation sites (N-methyl/N-ethyl adjacent to an activating group) is 1. The predicted octanol–water partition coefficient (Wildman–Crippen LogP) is 0.00470. The third kappa shape index (κ3) is 2.82. The van der Waals surface area contributed by atoms with E-state index in [1.54, 1.807) is 14.2 Å². The maximum Gasteiger partial charge on any atom is 0.161 e. The van der Waals surface area contributed by atoms with Crippen LogP contribution in [0, 0.1) is 5.21 Å². The van der Waals surface area contributed by atoms with Gasteiger partial charge in [0, 0.05) is 6.54 Å². The number of benzene rings is 1. The minimum atomic E-state index is -0.792. The molecule has 0 radical (unpaired) electrons. The predicted molar refractivity (Wildman–Crippen MR) is 69.6 cm³/mol. The van der Waals surface area contributed by atoms with Crippen molar-refractivity contribution in [3.8, 4) is 11.5 Å². The number of hydrogen-bond acceptors (Lipinski definition) is 5. The van der Waals surface area contributed by atoms with E-state index >= 15 is 0 Å². The number of ether oxygens (including phenoxy) is 2.